The van der Waals surface area contributed by atoms with E-state index in [1.165, 1.54) is 6.07 Å². The van der Waals surface area contributed by atoms with E-state index in [4.69, 9.17) is 0 Å². The summed E-state index contributed by atoms with van der Waals surface area (Å²) in [6, 6.07) is 6.40. The number of hydrogen-bond acceptors (Lipinski definition) is 1. The van der Waals surface area contributed by atoms with Crippen molar-refractivity contribution in [2.75, 3.05) is 0 Å². The molecule has 0 saturated heterocycles. The minimum absolute atomic E-state index is 0.274. The van der Waals surface area contributed by atoms with E-state index in [2.05, 4.69) is 13.8 Å². The zero-order valence-electron chi connectivity index (χ0n) is 11.0. The van der Waals surface area contributed by atoms with Gasteiger partial charge < -0.3 is 5.11 Å². The molecule has 0 aliphatic rings. The number of aliphatic carboxylic acids is 1. The Hall–Kier alpha value is -1.38. The van der Waals surface area contributed by atoms with Gasteiger partial charge in [-0.15, -0.1) is 0 Å². The first-order chi connectivity index (χ1) is 8.54. The van der Waals surface area contributed by atoms with Gasteiger partial charge in [-0.05, 0) is 30.4 Å². The van der Waals surface area contributed by atoms with Crippen LogP contribution in [0.5, 0.6) is 0 Å². The summed E-state index contributed by atoms with van der Waals surface area (Å²) >= 11 is 0. The minimum atomic E-state index is -0.832. The second-order valence-corrected chi connectivity index (χ2v) is 4.96. The summed E-state index contributed by atoms with van der Waals surface area (Å²) in [6.45, 7) is 4.14. The summed E-state index contributed by atoms with van der Waals surface area (Å²) in [5, 5.41) is 9.22. The third-order valence-corrected chi connectivity index (χ3v) is 3.24. The maximum Gasteiger partial charge on any atom is 0.306 e. The van der Waals surface area contributed by atoms with Crippen LogP contribution in [0.25, 0.3) is 0 Å². The van der Waals surface area contributed by atoms with Crippen LogP contribution < -0.4 is 0 Å². The fourth-order valence-electron chi connectivity index (χ4n) is 2.30. The van der Waals surface area contributed by atoms with E-state index in [0.717, 1.165) is 12.8 Å². The predicted octanol–water partition coefficient (Wildman–Crippen LogP) is 3.90. The molecular weight excluding hydrogens is 231 g/mol. The lowest BCUT2D eigenvalue weighted by molar-refractivity contribution is -0.142. The van der Waals surface area contributed by atoms with Crippen molar-refractivity contribution < 1.29 is 14.3 Å². The molecule has 1 rings (SSSR count). The summed E-state index contributed by atoms with van der Waals surface area (Å²) in [4.78, 5) is 11.2. The number of carbonyl (C=O) groups is 1. The molecule has 100 valence electrons. The quantitative estimate of drug-likeness (QED) is 0.799. The van der Waals surface area contributed by atoms with Crippen LogP contribution in [0.4, 0.5) is 4.39 Å². The molecule has 0 aromatic heterocycles. The van der Waals surface area contributed by atoms with Crippen LogP contribution in [-0.4, -0.2) is 11.1 Å². The predicted molar refractivity (Wildman–Crippen MR) is 69.9 cm³/mol. The number of carboxylic acids is 1. The highest BCUT2D eigenvalue weighted by molar-refractivity contribution is 5.70. The van der Waals surface area contributed by atoms with E-state index in [1.54, 1.807) is 18.2 Å². The van der Waals surface area contributed by atoms with E-state index < -0.39 is 11.9 Å². The number of rotatable bonds is 7. The van der Waals surface area contributed by atoms with Crippen LogP contribution in [0.15, 0.2) is 24.3 Å². The Labute approximate surface area is 108 Å². The Kier molecular flexibility index (Phi) is 5.83. The Morgan fingerprint density at radius 1 is 1.39 bits per heavy atom. The summed E-state index contributed by atoms with van der Waals surface area (Å²) in [5.41, 5.74) is 0.494. The van der Waals surface area contributed by atoms with Gasteiger partial charge in [0, 0.05) is 0 Å². The van der Waals surface area contributed by atoms with Crippen molar-refractivity contribution in [3.63, 3.8) is 0 Å². The Bertz CT molecular complexity index is 390. The maximum absolute atomic E-state index is 13.5. The van der Waals surface area contributed by atoms with Crippen molar-refractivity contribution >= 4 is 5.97 Å². The molecule has 1 aromatic rings. The summed E-state index contributed by atoms with van der Waals surface area (Å²) < 4.78 is 13.5. The van der Waals surface area contributed by atoms with Gasteiger partial charge in [0.2, 0.25) is 0 Å². The molecule has 1 aromatic carbocycles. The first-order valence-corrected chi connectivity index (χ1v) is 6.50. The minimum Gasteiger partial charge on any atom is -0.481 e. The highest BCUT2D eigenvalue weighted by Crippen LogP contribution is 2.22. The number of carboxylic acid groups (broad SMARTS) is 1. The SMILES string of the molecule is CCCC(C)CC(Cc1ccccc1F)C(=O)O. The molecule has 0 fully saturated rings. The van der Waals surface area contributed by atoms with Gasteiger partial charge in [0.25, 0.3) is 0 Å². The first kappa shape index (κ1) is 14.7. The van der Waals surface area contributed by atoms with Crippen molar-refractivity contribution in [3.05, 3.63) is 35.6 Å². The van der Waals surface area contributed by atoms with Crippen LogP contribution in [0.2, 0.25) is 0 Å². The van der Waals surface area contributed by atoms with E-state index in [0.29, 0.717) is 17.9 Å². The number of halogens is 1. The van der Waals surface area contributed by atoms with Crippen LogP contribution in [-0.2, 0) is 11.2 Å². The maximum atomic E-state index is 13.5. The monoisotopic (exact) mass is 252 g/mol. The lowest BCUT2D eigenvalue weighted by Gasteiger charge is -2.17. The highest BCUT2D eigenvalue weighted by Gasteiger charge is 2.21. The van der Waals surface area contributed by atoms with Crippen molar-refractivity contribution in [3.8, 4) is 0 Å². The third-order valence-electron chi connectivity index (χ3n) is 3.24. The molecule has 0 bridgehead atoms. The summed E-state index contributed by atoms with van der Waals surface area (Å²) in [6.07, 6.45) is 2.95. The van der Waals surface area contributed by atoms with E-state index >= 15 is 0 Å². The summed E-state index contributed by atoms with van der Waals surface area (Å²) in [5.74, 6) is -1.28. The van der Waals surface area contributed by atoms with Crippen LogP contribution in [0.3, 0.4) is 0 Å². The molecule has 0 aliphatic carbocycles. The zero-order valence-corrected chi connectivity index (χ0v) is 11.0. The fraction of sp³-hybridized carbons (Fsp3) is 0.533. The molecule has 1 N–H and O–H groups in total. The molecule has 0 radical (unpaired) electrons. The fourth-order valence-corrected chi connectivity index (χ4v) is 2.30. The van der Waals surface area contributed by atoms with Crippen LogP contribution >= 0.6 is 0 Å². The van der Waals surface area contributed by atoms with Gasteiger partial charge in [0.15, 0.2) is 0 Å². The van der Waals surface area contributed by atoms with Crippen LogP contribution in [0, 0.1) is 17.7 Å². The van der Waals surface area contributed by atoms with Crippen molar-refractivity contribution in [2.45, 2.75) is 39.5 Å². The lowest BCUT2D eigenvalue weighted by Crippen LogP contribution is -2.20. The number of hydrogen-bond donors (Lipinski definition) is 1. The molecule has 2 unspecified atom stereocenters. The molecule has 0 heterocycles. The Morgan fingerprint density at radius 3 is 2.61 bits per heavy atom. The molecule has 2 nitrogen and oxygen atoms in total. The van der Waals surface area contributed by atoms with Crippen molar-refractivity contribution in [1.82, 2.24) is 0 Å². The normalized spacial score (nSPS) is 14.2. The Balaban J connectivity index is 2.69. The van der Waals surface area contributed by atoms with Gasteiger partial charge >= 0.3 is 5.97 Å². The van der Waals surface area contributed by atoms with Gasteiger partial charge in [-0.3, -0.25) is 4.79 Å². The number of benzene rings is 1. The van der Waals surface area contributed by atoms with Gasteiger partial charge in [0.05, 0.1) is 5.92 Å². The third kappa shape index (κ3) is 4.47. The molecular formula is C15H21FO2. The van der Waals surface area contributed by atoms with E-state index in [-0.39, 0.29) is 12.2 Å². The van der Waals surface area contributed by atoms with Gasteiger partial charge in [0.1, 0.15) is 5.82 Å². The molecule has 2 atom stereocenters. The second kappa shape index (κ2) is 7.14. The standard InChI is InChI=1S/C15H21FO2/c1-3-6-11(2)9-13(15(17)18)10-12-7-4-5-8-14(12)16/h4-5,7-8,11,13H,3,6,9-10H2,1-2H3,(H,17,18). The first-order valence-electron chi connectivity index (χ1n) is 6.50. The smallest absolute Gasteiger partial charge is 0.306 e. The van der Waals surface area contributed by atoms with Crippen molar-refractivity contribution in [2.24, 2.45) is 11.8 Å². The zero-order chi connectivity index (χ0) is 13.5. The molecule has 3 heteroatoms. The topological polar surface area (TPSA) is 37.3 Å². The molecule has 0 saturated carbocycles. The molecule has 0 aliphatic heterocycles. The summed E-state index contributed by atoms with van der Waals surface area (Å²) in [7, 11) is 0. The largest absolute Gasteiger partial charge is 0.481 e. The van der Waals surface area contributed by atoms with Gasteiger partial charge in [-0.1, -0.05) is 44.9 Å². The van der Waals surface area contributed by atoms with Crippen molar-refractivity contribution in [1.29, 1.82) is 0 Å². The molecule has 0 spiro atoms. The highest BCUT2D eigenvalue weighted by atomic mass is 19.1. The average molecular weight is 252 g/mol. The van der Waals surface area contributed by atoms with Crippen LogP contribution in [0.1, 0.15) is 38.7 Å². The lowest BCUT2D eigenvalue weighted by atomic mass is 9.88. The van der Waals surface area contributed by atoms with E-state index in [1.807, 2.05) is 0 Å². The molecule has 18 heavy (non-hydrogen) atoms. The average Bonchev–Trinajstić information content (AvgIpc) is 2.31. The van der Waals surface area contributed by atoms with Gasteiger partial charge in [-0.25, -0.2) is 4.39 Å². The second-order valence-electron chi connectivity index (χ2n) is 4.96. The van der Waals surface area contributed by atoms with Gasteiger partial charge in [-0.2, -0.15) is 0 Å². The molecule has 0 amide bonds. The van der Waals surface area contributed by atoms with E-state index in [9.17, 15) is 14.3 Å². The Morgan fingerprint density at radius 2 is 2.06 bits per heavy atom.